The van der Waals surface area contributed by atoms with Gasteiger partial charge in [-0.15, -0.1) is 0 Å². The standard InChI is InChI=1S/C13H18ClNO2/c1-10(2)15(7-8-16)13(17)9-11-3-5-12(14)6-4-11/h3-6,10,16H,7-9H2,1-2H3. The molecule has 0 heterocycles. The molecule has 0 saturated heterocycles. The monoisotopic (exact) mass is 255 g/mol. The van der Waals surface area contributed by atoms with Crippen LogP contribution in [0.15, 0.2) is 24.3 Å². The van der Waals surface area contributed by atoms with Crippen molar-refractivity contribution < 1.29 is 9.90 Å². The van der Waals surface area contributed by atoms with Crippen LogP contribution in [-0.4, -0.2) is 35.1 Å². The van der Waals surface area contributed by atoms with E-state index < -0.39 is 0 Å². The van der Waals surface area contributed by atoms with E-state index in [1.54, 1.807) is 17.0 Å². The van der Waals surface area contributed by atoms with E-state index in [-0.39, 0.29) is 18.6 Å². The van der Waals surface area contributed by atoms with Gasteiger partial charge in [0.15, 0.2) is 0 Å². The molecule has 1 aromatic rings. The van der Waals surface area contributed by atoms with E-state index in [9.17, 15) is 4.79 Å². The lowest BCUT2D eigenvalue weighted by Gasteiger charge is -2.26. The molecule has 0 aromatic heterocycles. The Hall–Kier alpha value is -1.06. The van der Waals surface area contributed by atoms with Gasteiger partial charge in [0.2, 0.25) is 5.91 Å². The topological polar surface area (TPSA) is 40.5 Å². The number of aliphatic hydroxyl groups excluding tert-OH is 1. The smallest absolute Gasteiger partial charge is 0.227 e. The van der Waals surface area contributed by atoms with Crippen molar-refractivity contribution in [3.8, 4) is 0 Å². The van der Waals surface area contributed by atoms with Gasteiger partial charge in [-0.25, -0.2) is 0 Å². The van der Waals surface area contributed by atoms with Crippen LogP contribution in [0.5, 0.6) is 0 Å². The molecule has 0 bridgehead atoms. The number of carbonyl (C=O) groups is 1. The zero-order chi connectivity index (χ0) is 12.8. The molecule has 3 nitrogen and oxygen atoms in total. The lowest BCUT2D eigenvalue weighted by Crippen LogP contribution is -2.39. The minimum Gasteiger partial charge on any atom is -0.395 e. The fourth-order valence-electron chi connectivity index (χ4n) is 1.66. The molecule has 0 atom stereocenters. The summed E-state index contributed by atoms with van der Waals surface area (Å²) < 4.78 is 0. The Morgan fingerprint density at radius 3 is 2.41 bits per heavy atom. The van der Waals surface area contributed by atoms with E-state index in [4.69, 9.17) is 16.7 Å². The molecule has 0 unspecified atom stereocenters. The van der Waals surface area contributed by atoms with Crippen LogP contribution in [0, 0.1) is 0 Å². The molecular weight excluding hydrogens is 238 g/mol. The molecule has 0 aliphatic heterocycles. The largest absolute Gasteiger partial charge is 0.395 e. The Bertz CT molecular complexity index is 362. The van der Waals surface area contributed by atoms with Crippen LogP contribution in [0.4, 0.5) is 0 Å². The maximum atomic E-state index is 12.0. The maximum Gasteiger partial charge on any atom is 0.227 e. The first-order valence-electron chi connectivity index (χ1n) is 5.69. The molecule has 0 fully saturated rings. The Balaban J connectivity index is 2.66. The highest BCUT2D eigenvalue weighted by Crippen LogP contribution is 2.11. The van der Waals surface area contributed by atoms with Crippen molar-refractivity contribution in [1.82, 2.24) is 4.90 Å². The van der Waals surface area contributed by atoms with Gasteiger partial charge in [-0.05, 0) is 31.5 Å². The zero-order valence-corrected chi connectivity index (χ0v) is 10.9. The lowest BCUT2D eigenvalue weighted by molar-refractivity contribution is -0.132. The average Bonchev–Trinajstić information content (AvgIpc) is 2.28. The number of halogens is 1. The van der Waals surface area contributed by atoms with Gasteiger partial charge in [0, 0.05) is 17.6 Å². The Labute approximate surface area is 107 Å². The van der Waals surface area contributed by atoms with Crippen LogP contribution in [0.2, 0.25) is 5.02 Å². The van der Waals surface area contributed by atoms with Crippen LogP contribution in [-0.2, 0) is 11.2 Å². The third kappa shape index (κ3) is 4.36. The van der Waals surface area contributed by atoms with Gasteiger partial charge in [0.25, 0.3) is 0 Å². The number of hydrogen-bond acceptors (Lipinski definition) is 2. The van der Waals surface area contributed by atoms with E-state index in [1.807, 2.05) is 26.0 Å². The highest BCUT2D eigenvalue weighted by Gasteiger charge is 2.16. The Morgan fingerprint density at radius 2 is 1.94 bits per heavy atom. The molecule has 1 aromatic carbocycles. The highest BCUT2D eigenvalue weighted by molar-refractivity contribution is 6.30. The second-order valence-electron chi connectivity index (χ2n) is 4.21. The maximum absolute atomic E-state index is 12.0. The van der Waals surface area contributed by atoms with Crippen LogP contribution < -0.4 is 0 Å². The van der Waals surface area contributed by atoms with Crippen LogP contribution in [0.1, 0.15) is 19.4 Å². The molecule has 0 aliphatic carbocycles. The first-order valence-corrected chi connectivity index (χ1v) is 6.07. The molecule has 0 saturated carbocycles. The van der Waals surface area contributed by atoms with Crippen molar-refractivity contribution in [2.24, 2.45) is 0 Å². The van der Waals surface area contributed by atoms with Crippen molar-refractivity contribution in [1.29, 1.82) is 0 Å². The molecule has 1 N–H and O–H groups in total. The molecule has 17 heavy (non-hydrogen) atoms. The van der Waals surface area contributed by atoms with E-state index >= 15 is 0 Å². The van der Waals surface area contributed by atoms with Gasteiger partial charge in [0.05, 0.1) is 13.0 Å². The van der Waals surface area contributed by atoms with Crippen molar-refractivity contribution in [3.63, 3.8) is 0 Å². The first kappa shape index (κ1) is 14.0. The minimum absolute atomic E-state index is 0.00939. The fraction of sp³-hybridized carbons (Fsp3) is 0.462. The number of carbonyl (C=O) groups excluding carboxylic acids is 1. The number of rotatable bonds is 5. The van der Waals surface area contributed by atoms with Gasteiger partial charge < -0.3 is 10.0 Å². The van der Waals surface area contributed by atoms with E-state index in [2.05, 4.69) is 0 Å². The zero-order valence-electron chi connectivity index (χ0n) is 10.2. The summed E-state index contributed by atoms with van der Waals surface area (Å²) in [6.45, 7) is 4.25. The van der Waals surface area contributed by atoms with E-state index in [1.165, 1.54) is 0 Å². The molecule has 0 aliphatic rings. The molecule has 0 radical (unpaired) electrons. The van der Waals surface area contributed by atoms with Gasteiger partial charge in [-0.2, -0.15) is 0 Å². The van der Waals surface area contributed by atoms with Crippen molar-refractivity contribution in [2.45, 2.75) is 26.3 Å². The number of hydrogen-bond donors (Lipinski definition) is 1. The second-order valence-corrected chi connectivity index (χ2v) is 4.64. The Kier molecular flexibility index (Phi) is 5.45. The molecule has 0 spiro atoms. The molecular formula is C13H18ClNO2. The Morgan fingerprint density at radius 1 is 1.35 bits per heavy atom. The summed E-state index contributed by atoms with van der Waals surface area (Å²) in [6.07, 6.45) is 0.343. The highest BCUT2D eigenvalue weighted by atomic mass is 35.5. The average molecular weight is 256 g/mol. The lowest BCUT2D eigenvalue weighted by atomic mass is 10.1. The minimum atomic E-state index is -0.00939. The van der Waals surface area contributed by atoms with E-state index in [0.717, 1.165) is 5.56 Å². The van der Waals surface area contributed by atoms with Crippen LogP contribution in [0.25, 0.3) is 0 Å². The molecule has 94 valence electrons. The van der Waals surface area contributed by atoms with Crippen molar-refractivity contribution in [3.05, 3.63) is 34.9 Å². The predicted molar refractivity (Wildman–Crippen MR) is 69.1 cm³/mol. The van der Waals surface area contributed by atoms with Gasteiger partial charge in [-0.3, -0.25) is 4.79 Å². The van der Waals surface area contributed by atoms with Crippen molar-refractivity contribution in [2.75, 3.05) is 13.2 Å². The quantitative estimate of drug-likeness (QED) is 0.876. The summed E-state index contributed by atoms with van der Waals surface area (Å²) >= 11 is 5.78. The number of aliphatic hydroxyl groups is 1. The summed E-state index contributed by atoms with van der Waals surface area (Å²) in [5.41, 5.74) is 0.933. The summed E-state index contributed by atoms with van der Waals surface area (Å²) in [6, 6.07) is 7.34. The molecule has 1 amide bonds. The number of nitrogens with zero attached hydrogens (tertiary/aromatic N) is 1. The summed E-state index contributed by atoms with van der Waals surface area (Å²) in [5.74, 6) is 0.0244. The third-order valence-corrected chi connectivity index (χ3v) is 2.81. The second kappa shape index (κ2) is 6.62. The van der Waals surface area contributed by atoms with Crippen LogP contribution in [0.3, 0.4) is 0 Å². The molecule has 4 heteroatoms. The predicted octanol–water partition coefficient (Wildman–Crippen LogP) is 2.11. The first-order chi connectivity index (χ1) is 8.04. The number of benzene rings is 1. The van der Waals surface area contributed by atoms with E-state index in [0.29, 0.717) is 18.0 Å². The number of amides is 1. The summed E-state index contributed by atoms with van der Waals surface area (Å²) in [7, 11) is 0. The van der Waals surface area contributed by atoms with Gasteiger partial charge in [-0.1, -0.05) is 23.7 Å². The summed E-state index contributed by atoms with van der Waals surface area (Å²) in [4.78, 5) is 13.7. The molecule has 1 rings (SSSR count). The third-order valence-electron chi connectivity index (χ3n) is 2.55. The summed E-state index contributed by atoms with van der Waals surface area (Å²) in [5, 5.41) is 9.59. The van der Waals surface area contributed by atoms with Gasteiger partial charge in [0.1, 0.15) is 0 Å². The van der Waals surface area contributed by atoms with Crippen molar-refractivity contribution >= 4 is 17.5 Å². The van der Waals surface area contributed by atoms with Gasteiger partial charge >= 0.3 is 0 Å². The normalized spacial score (nSPS) is 10.6. The van der Waals surface area contributed by atoms with Crippen LogP contribution >= 0.6 is 11.6 Å². The SMILES string of the molecule is CC(C)N(CCO)C(=O)Cc1ccc(Cl)cc1. The fourth-order valence-corrected chi connectivity index (χ4v) is 1.78.